The van der Waals surface area contributed by atoms with E-state index in [0.717, 1.165) is 5.56 Å². The van der Waals surface area contributed by atoms with Gasteiger partial charge in [-0.15, -0.1) is 0 Å². The number of pyridine rings is 1. The molecule has 1 aromatic heterocycles. The number of carbonyl (C=O) groups excluding carboxylic acids is 2. The second kappa shape index (κ2) is 3.92. The Morgan fingerprint density at radius 3 is 2.94 bits per heavy atom. The molecule has 1 fully saturated rings. The fourth-order valence-corrected chi connectivity index (χ4v) is 1.79. The molecule has 1 aromatic rings. The topological polar surface area (TPSA) is 76.3 Å². The SMILES string of the molecule is Cc1ccnc(N2CC(C(N)=O)CC2=O)c1. The summed E-state index contributed by atoms with van der Waals surface area (Å²) in [5, 5.41) is 0. The first-order valence-electron chi connectivity index (χ1n) is 5.10. The van der Waals surface area contributed by atoms with Gasteiger partial charge in [0, 0.05) is 19.2 Å². The maximum Gasteiger partial charge on any atom is 0.229 e. The zero-order valence-electron chi connectivity index (χ0n) is 9.01. The molecule has 0 radical (unpaired) electrons. The molecule has 5 nitrogen and oxygen atoms in total. The third-order valence-electron chi connectivity index (χ3n) is 2.70. The van der Waals surface area contributed by atoms with Crippen LogP contribution >= 0.6 is 0 Å². The Morgan fingerprint density at radius 1 is 1.62 bits per heavy atom. The van der Waals surface area contributed by atoms with Crippen LogP contribution in [-0.2, 0) is 9.59 Å². The molecule has 1 aliphatic heterocycles. The third-order valence-corrected chi connectivity index (χ3v) is 2.70. The van der Waals surface area contributed by atoms with Crippen LogP contribution in [0.1, 0.15) is 12.0 Å². The molecule has 5 heteroatoms. The summed E-state index contributed by atoms with van der Waals surface area (Å²) < 4.78 is 0. The van der Waals surface area contributed by atoms with Crippen LogP contribution in [0, 0.1) is 12.8 Å². The van der Waals surface area contributed by atoms with Crippen molar-refractivity contribution in [2.45, 2.75) is 13.3 Å². The van der Waals surface area contributed by atoms with E-state index in [2.05, 4.69) is 4.98 Å². The van der Waals surface area contributed by atoms with Crippen LogP contribution in [-0.4, -0.2) is 23.3 Å². The van der Waals surface area contributed by atoms with Gasteiger partial charge in [0.2, 0.25) is 11.8 Å². The molecule has 1 unspecified atom stereocenters. The lowest BCUT2D eigenvalue weighted by molar-refractivity contribution is -0.123. The van der Waals surface area contributed by atoms with Gasteiger partial charge < -0.3 is 5.73 Å². The van der Waals surface area contributed by atoms with Crippen molar-refractivity contribution in [3.63, 3.8) is 0 Å². The van der Waals surface area contributed by atoms with Crippen LogP contribution < -0.4 is 10.6 Å². The van der Waals surface area contributed by atoms with Gasteiger partial charge in [-0.2, -0.15) is 0 Å². The predicted molar refractivity (Wildman–Crippen MR) is 58.6 cm³/mol. The predicted octanol–water partition coefficient (Wildman–Crippen LogP) is 0.228. The van der Waals surface area contributed by atoms with Crippen LogP contribution in [0.4, 0.5) is 5.82 Å². The molecule has 1 atom stereocenters. The van der Waals surface area contributed by atoms with Crippen LogP contribution in [0.25, 0.3) is 0 Å². The van der Waals surface area contributed by atoms with Gasteiger partial charge in [0.25, 0.3) is 0 Å². The average Bonchev–Trinajstić information content (AvgIpc) is 2.60. The number of hydrogen-bond acceptors (Lipinski definition) is 3. The first-order chi connectivity index (χ1) is 7.58. The Labute approximate surface area is 93.3 Å². The van der Waals surface area contributed by atoms with Gasteiger partial charge >= 0.3 is 0 Å². The molecule has 84 valence electrons. The molecule has 0 aliphatic carbocycles. The molecule has 0 saturated carbocycles. The lowest BCUT2D eigenvalue weighted by Crippen LogP contribution is -2.28. The summed E-state index contributed by atoms with van der Waals surface area (Å²) in [6, 6.07) is 3.68. The Morgan fingerprint density at radius 2 is 2.38 bits per heavy atom. The molecular weight excluding hydrogens is 206 g/mol. The quantitative estimate of drug-likeness (QED) is 0.773. The highest BCUT2D eigenvalue weighted by molar-refractivity contribution is 5.99. The van der Waals surface area contributed by atoms with Crippen molar-refractivity contribution in [3.05, 3.63) is 23.9 Å². The fourth-order valence-electron chi connectivity index (χ4n) is 1.79. The Hall–Kier alpha value is -1.91. The van der Waals surface area contributed by atoms with Crippen molar-refractivity contribution in [3.8, 4) is 0 Å². The van der Waals surface area contributed by atoms with Crippen molar-refractivity contribution in [2.24, 2.45) is 11.7 Å². The van der Waals surface area contributed by atoms with E-state index >= 15 is 0 Å². The molecule has 1 saturated heterocycles. The van der Waals surface area contributed by atoms with Gasteiger partial charge in [-0.25, -0.2) is 4.98 Å². The van der Waals surface area contributed by atoms with Gasteiger partial charge in [0.15, 0.2) is 0 Å². The van der Waals surface area contributed by atoms with Crippen LogP contribution in [0.3, 0.4) is 0 Å². The zero-order valence-corrected chi connectivity index (χ0v) is 9.01. The Bertz CT molecular complexity index is 445. The summed E-state index contributed by atoms with van der Waals surface area (Å²) in [5.41, 5.74) is 6.22. The number of nitrogens with two attached hydrogens (primary N) is 1. The zero-order chi connectivity index (χ0) is 11.7. The lowest BCUT2D eigenvalue weighted by atomic mass is 10.1. The van der Waals surface area contributed by atoms with Gasteiger partial charge in [0.1, 0.15) is 5.82 Å². The summed E-state index contributed by atoms with van der Waals surface area (Å²) >= 11 is 0. The minimum absolute atomic E-state index is 0.0955. The van der Waals surface area contributed by atoms with Gasteiger partial charge in [-0.05, 0) is 24.6 Å². The van der Waals surface area contributed by atoms with E-state index in [1.54, 1.807) is 6.20 Å². The molecule has 2 N–H and O–H groups in total. The smallest absolute Gasteiger partial charge is 0.229 e. The monoisotopic (exact) mass is 219 g/mol. The summed E-state index contributed by atoms with van der Waals surface area (Å²) in [6.07, 6.45) is 1.83. The van der Waals surface area contributed by atoms with E-state index in [-0.39, 0.29) is 12.3 Å². The summed E-state index contributed by atoms with van der Waals surface area (Å²) in [6.45, 7) is 2.27. The summed E-state index contributed by atoms with van der Waals surface area (Å²) in [7, 11) is 0. The average molecular weight is 219 g/mol. The van der Waals surface area contributed by atoms with Crippen molar-refractivity contribution in [1.82, 2.24) is 4.98 Å². The third kappa shape index (κ3) is 1.88. The molecule has 16 heavy (non-hydrogen) atoms. The van der Waals surface area contributed by atoms with Crippen molar-refractivity contribution >= 4 is 17.6 Å². The van der Waals surface area contributed by atoms with Gasteiger partial charge in [-0.1, -0.05) is 0 Å². The summed E-state index contributed by atoms with van der Waals surface area (Å²) in [5.74, 6) is -0.325. The highest BCUT2D eigenvalue weighted by Gasteiger charge is 2.34. The number of hydrogen-bond donors (Lipinski definition) is 1. The normalized spacial score (nSPS) is 20.2. The highest BCUT2D eigenvalue weighted by atomic mass is 16.2. The van der Waals surface area contributed by atoms with Crippen molar-refractivity contribution in [2.75, 3.05) is 11.4 Å². The molecule has 1 aliphatic rings. The van der Waals surface area contributed by atoms with Crippen molar-refractivity contribution < 1.29 is 9.59 Å². The maximum atomic E-state index is 11.7. The van der Waals surface area contributed by atoms with Crippen LogP contribution in [0.5, 0.6) is 0 Å². The van der Waals surface area contributed by atoms with E-state index in [1.165, 1.54) is 4.90 Å². The largest absolute Gasteiger partial charge is 0.369 e. The molecule has 0 bridgehead atoms. The van der Waals surface area contributed by atoms with Crippen LogP contribution in [0.15, 0.2) is 18.3 Å². The van der Waals surface area contributed by atoms with E-state index in [0.29, 0.717) is 12.4 Å². The Kier molecular flexibility index (Phi) is 2.60. The Balaban J connectivity index is 2.23. The maximum absolute atomic E-state index is 11.7. The minimum atomic E-state index is -0.427. The molecule has 2 amide bonds. The van der Waals surface area contributed by atoms with Gasteiger partial charge in [0.05, 0.1) is 5.92 Å². The molecular formula is C11H13N3O2. The second-order valence-corrected chi connectivity index (χ2v) is 4.00. The number of rotatable bonds is 2. The van der Waals surface area contributed by atoms with E-state index in [1.807, 2.05) is 19.1 Å². The van der Waals surface area contributed by atoms with Gasteiger partial charge in [-0.3, -0.25) is 14.5 Å². The molecule has 0 spiro atoms. The number of amides is 2. The number of aromatic nitrogens is 1. The number of nitrogens with zero attached hydrogens (tertiary/aromatic N) is 2. The molecule has 2 heterocycles. The first kappa shape index (κ1) is 10.6. The van der Waals surface area contributed by atoms with E-state index in [4.69, 9.17) is 5.73 Å². The fraction of sp³-hybridized carbons (Fsp3) is 0.364. The minimum Gasteiger partial charge on any atom is -0.369 e. The number of aryl methyl sites for hydroxylation is 1. The number of anilines is 1. The standard InChI is InChI=1S/C11H13N3O2/c1-7-2-3-13-9(4-7)14-6-8(11(12)16)5-10(14)15/h2-4,8H,5-6H2,1H3,(H2,12,16). The lowest BCUT2D eigenvalue weighted by Gasteiger charge is -2.15. The van der Waals surface area contributed by atoms with Crippen molar-refractivity contribution in [1.29, 1.82) is 0 Å². The molecule has 2 rings (SSSR count). The first-order valence-corrected chi connectivity index (χ1v) is 5.10. The second-order valence-electron chi connectivity index (χ2n) is 4.00. The van der Waals surface area contributed by atoms with E-state index in [9.17, 15) is 9.59 Å². The summed E-state index contributed by atoms with van der Waals surface area (Å²) in [4.78, 5) is 28.3. The van der Waals surface area contributed by atoms with E-state index < -0.39 is 11.8 Å². The van der Waals surface area contributed by atoms with Crippen LogP contribution in [0.2, 0.25) is 0 Å². The highest BCUT2D eigenvalue weighted by Crippen LogP contribution is 2.23. The number of primary amides is 1. The molecule has 0 aromatic carbocycles. The number of carbonyl (C=O) groups is 2.